The zero-order valence-electron chi connectivity index (χ0n) is 6.70. The molecule has 0 spiro atoms. The van der Waals surface area contributed by atoms with E-state index in [0.717, 1.165) is 0 Å². The van der Waals surface area contributed by atoms with Gasteiger partial charge in [-0.15, -0.1) is 0 Å². The number of furan rings is 1. The van der Waals surface area contributed by atoms with Crippen molar-refractivity contribution in [2.45, 2.75) is 12.5 Å². The van der Waals surface area contributed by atoms with Crippen LogP contribution in [0.4, 0.5) is 0 Å². The molecule has 0 N–H and O–H groups in total. The average Bonchev–Trinajstić information content (AvgIpc) is 2.52. The molecule has 0 aromatic carbocycles. The fraction of sp³-hybridized carbons (Fsp3) is 0.222. The summed E-state index contributed by atoms with van der Waals surface area (Å²) >= 11 is 3.19. The van der Waals surface area contributed by atoms with E-state index in [1.54, 1.807) is 12.1 Å². The Labute approximate surface area is 83.5 Å². The molecule has 4 heteroatoms. The lowest BCUT2D eigenvalue weighted by Gasteiger charge is -2.15. The lowest BCUT2D eigenvalue weighted by atomic mass is 10.1. The third-order valence-electron chi connectivity index (χ3n) is 1.79. The number of ether oxygens (including phenoxy) is 1. The number of ketones is 1. The van der Waals surface area contributed by atoms with Gasteiger partial charge >= 0.3 is 0 Å². The van der Waals surface area contributed by atoms with Crippen LogP contribution < -0.4 is 0 Å². The Kier molecular flexibility index (Phi) is 2.22. The van der Waals surface area contributed by atoms with Crippen molar-refractivity contribution in [3.63, 3.8) is 0 Å². The van der Waals surface area contributed by atoms with E-state index >= 15 is 0 Å². The number of hydrogen-bond donors (Lipinski definition) is 0. The molecular weight excluding hydrogens is 236 g/mol. The van der Waals surface area contributed by atoms with E-state index in [1.807, 2.05) is 0 Å². The molecule has 1 aromatic rings. The van der Waals surface area contributed by atoms with Gasteiger partial charge in [-0.25, -0.2) is 0 Å². The molecule has 0 aliphatic carbocycles. The van der Waals surface area contributed by atoms with Gasteiger partial charge < -0.3 is 9.15 Å². The van der Waals surface area contributed by atoms with Gasteiger partial charge in [-0.1, -0.05) is 0 Å². The number of carbonyl (C=O) groups excluding carboxylic acids is 1. The Bertz CT molecular complexity index is 353. The van der Waals surface area contributed by atoms with Crippen molar-refractivity contribution in [1.82, 2.24) is 0 Å². The van der Waals surface area contributed by atoms with Gasteiger partial charge in [0.05, 0.1) is 12.7 Å². The number of hydrogen-bond acceptors (Lipinski definition) is 3. The van der Waals surface area contributed by atoms with E-state index in [0.29, 0.717) is 16.9 Å². The lowest BCUT2D eigenvalue weighted by molar-refractivity contribution is -0.118. The molecule has 3 nitrogen and oxygen atoms in total. The molecule has 1 atom stereocenters. The van der Waals surface area contributed by atoms with E-state index in [9.17, 15) is 4.79 Å². The van der Waals surface area contributed by atoms with E-state index in [1.165, 1.54) is 12.3 Å². The van der Waals surface area contributed by atoms with Gasteiger partial charge in [-0.3, -0.25) is 4.79 Å². The summed E-state index contributed by atoms with van der Waals surface area (Å²) in [5.74, 6) is 0.730. The first kappa shape index (κ1) is 8.56. The number of allylic oxidation sites excluding steroid dienone is 1. The molecule has 0 amide bonds. The van der Waals surface area contributed by atoms with Crippen molar-refractivity contribution in [3.05, 3.63) is 34.9 Å². The molecular formula is C9H7BrO3. The van der Waals surface area contributed by atoms with Gasteiger partial charge in [0, 0.05) is 6.08 Å². The molecule has 0 fully saturated rings. The molecule has 2 heterocycles. The van der Waals surface area contributed by atoms with Gasteiger partial charge in [0.15, 0.2) is 16.6 Å². The summed E-state index contributed by atoms with van der Waals surface area (Å²) in [6.07, 6.45) is 2.90. The van der Waals surface area contributed by atoms with Gasteiger partial charge in [-0.2, -0.15) is 0 Å². The fourth-order valence-electron chi connectivity index (χ4n) is 1.18. The summed E-state index contributed by atoms with van der Waals surface area (Å²) in [4.78, 5) is 11.0. The van der Waals surface area contributed by atoms with E-state index in [4.69, 9.17) is 9.15 Å². The van der Waals surface area contributed by atoms with Crippen LogP contribution in [0, 0.1) is 0 Å². The smallest absolute Gasteiger partial charge is 0.169 e. The highest BCUT2D eigenvalue weighted by molar-refractivity contribution is 9.10. The molecule has 0 saturated carbocycles. The van der Waals surface area contributed by atoms with E-state index in [-0.39, 0.29) is 11.9 Å². The highest BCUT2D eigenvalue weighted by Gasteiger charge is 2.21. The Morgan fingerprint density at radius 2 is 2.31 bits per heavy atom. The van der Waals surface area contributed by atoms with Crippen LogP contribution in [-0.2, 0) is 9.53 Å². The maximum absolute atomic E-state index is 11.0. The number of halogens is 1. The Balaban J connectivity index is 2.18. The molecule has 1 aliphatic heterocycles. The first-order valence-electron chi connectivity index (χ1n) is 3.86. The van der Waals surface area contributed by atoms with Gasteiger partial charge in [0.1, 0.15) is 5.76 Å². The normalized spacial score (nSPS) is 21.6. The SMILES string of the molecule is O=C1C=COC(c2ccc(Br)o2)C1. The molecule has 68 valence electrons. The molecule has 0 bridgehead atoms. The third-order valence-corrected chi connectivity index (χ3v) is 2.22. The monoisotopic (exact) mass is 242 g/mol. The number of carbonyl (C=O) groups is 1. The second-order valence-electron chi connectivity index (χ2n) is 2.74. The number of rotatable bonds is 1. The highest BCUT2D eigenvalue weighted by Crippen LogP contribution is 2.28. The maximum atomic E-state index is 11.0. The largest absolute Gasteiger partial charge is 0.489 e. The standard InChI is InChI=1S/C9H7BrO3/c10-9-2-1-7(13-9)8-5-6(11)3-4-12-8/h1-4,8H,5H2. The summed E-state index contributed by atoms with van der Waals surface area (Å²) in [5, 5.41) is 0. The van der Waals surface area contributed by atoms with E-state index in [2.05, 4.69) is 15.9 Å². The molecule has 1 aliphatic rings. The van der Waals surface area contributed by atoms with Crippen LogP contribution in [0.25, 0.3) is 0 Å². The Hall–Kier alpha value is -1.03. The van der Waals surface area contributed by atoms with E-state index < -0.39 is 0 Å². The molecule has 0 saturated heterocycles. The van der Waals surface area contributed by atoms with Crippen molar-refractivity contribution in [2.24, 2.45) is 0 Å². The first-order valence-corrected chi connectivity index (χ1v) is 4.65. The Morgan fingerprint density at radius 3 is 2.92 bits per heavy atom. The summed E-state index contributed by atoms with van der Waals surface area (Å²) in [5.41, 5.74) is 0. The summed E-state index contributed by atoms with van der Waals surface area (Å²) < 4.78 is 11.2. The zero-order valence-corrected chi connectivity index (χ0v) is 8.28. The van der Waals surface area contributed by atoms with Crippen molar-refractivity contribution < 1.29 is 13.9 Å². The molecule has 1 unspecified atom stereocenters. The summed E-state index contributed by atoms with van der Waals surface area (Å²) in [6.45, 7) is 0. The molecule has 0 radical (unpaired) electrons. The summed E-state index contributed by atoms with van der Waals surface area (Å²) in [6, 6.07) is 3.57. The fourth-order valence-corrected chi connectivity index (χ4v) is 1.50. The van der Waals surface area contributed by atoms with Crippen LogP contribution in [0.5, 0.6) is 0 Å². The van der Waals surface area contributed by atoms with Crippen molar-refractivity contribution in [3.8, 4) is 0 Å². The maximum Gasteiger partial charge on any atom is 0.169 e. The first-order chi connectivity index (χ1) is 6.25. The highest BCUT2D eigenvalue weighted by atomic mass is 79.9. The molecule has 1 aromatic heterocycles. The average molecular weight is 243 g/mol. The quantitative estimate of drug-likeness (QED) is 0.760. The van der Waals surface area contributed by atoms with Crippen LogP contribution >= 0.6 is 15.9 Å². The second-order valence-corrected chi connectivity index (χ2v) is 3.52. The predicted molar refractivity (Wildman–Crippen MR) is 49.0 cm³/mol. The van der Waals surface area contributed by atoms with Gasteiger partial charge in [0.2, 0.25) is 0 Å². The zero-order chi connectivity index (χ0) is 9.26. The van der Waals surface area contributed by atoms with Crippen LogP contribution in [0.2, 0.25) is 0 Å². The van der Waals surface area contributed by atoms with Crippen LogP contribution in [0.3, 0.4) is 0 Å². The minimum Gasteiger partial charge on any atom is -0.489 e. The minimum absolute atomic E-state index is 0.0590. The van der Waals surface area contributed by atoms with Gasteiger partial charge in [0.25, 0.3) is 0 Å². The topological polar surface area (TPSA) is 39.4 Å². The van der Waals surface area contributed by atoms with Crippen molar-refractivity contribution >= 4 is 21.7 Å². The van der Waals surface area contributed by atoms with Crippen molar-refractivity contribution in [2.75, 3.05) is 0 Å². The third kappa shape index (κ3) is 1.83. The summed E-state index contributed by atoms with van der Waals surface area (Å²) in [7, 11) is 0. The second kappa shape index (κ2) is 3.38. The van der Waals surface area contributed by atoms with Crippen LogP contribution in [-0.4, -0.2) is 5.78 Å². The van der Waals surface area contributed by atoms with Gasteiger partial charge in [-0.05, 0) is 28.1 Å². The molecule has 2 rings (SSSR count). The van der Waals surface area contributed by atoms with Crippen LogP contribution in [0.1, 0.15) is 18.3 Å². The van der Waals surface area contributed by atoms with Crippen LogP contribution in [0.15, 0.2) is 33.6 Å². The Morgan fingerprint density at radius 1 is 1.46 bits per heavy atom. The molecule has 13 heavy (non-hydrogen) atoms. The minimum atomic E-state index is -0.274. The lowest BCUT2D eigenvalue weighted by Crippen LogP contribution is -2.10. The predicted octanol–water partition coefficient (Wildman–Crippen LogP) is 2.59. The van der Waals surface area contributed by atoms with Crippen molar-refractivity contribution in [1.29, 1.82) is 0 Å².